The standard InChI is InChI=1S/C30H39F3N2O6/c1-29(8-3-9-29)15-34-26(37)23-16-4-5-17(12-16)24(23)35-25(36)19-13-22(20(31)14-21(19)41-28(32)33)40-18-6-10-30(2,11-7-18)27(38)39/h13-14,16-18,23-24,28H,3-12,15H2,1-2H3,(H,34,37)(H,35,36)(H,38,39)/t16-,17+,18-,23+,24-,30+/m1/s1. The smallest absolute Gasteiger partial charge is 0.387 e. The SMILES string of the molecule is CC1(CNC(=O)[C@H]2[C@@H]3CC[C@@H](C3)[C@H]2NC(=O)c2cc(O[C@H]3CC[C@@](C)(C(=O)O)CC3)c(F)cc2OC(F)F)CCC1. The summed E-state index contributed by atoms with van der Waals surface area (Å²) < 4.78 is 51.7. The van der Waals surface area contributed by atoms with Crippen LogP contribution in [0.5, 0.6) is 11.5 Å². The molecule has 0 heterocycles. The molecule has 1 aromatic carbocycles. The Morgan fingerprint density at radius 1 is 1.02 bits per heavy atom. The number of carboxylic acid groups (broad SMARTS) is 1. The molecule has 1 aromatic rings. The predicted molar refractivity (Wildman–Crippen MR) is 142 cm³/mol. The van der Waals surface area contributed by atoms with Crippen LogP contribution in [-0.4, -0.2) is 48.2 Å². The minimum absolute atomic E-state index is 0.0837. The highest BCUT2D eigenvalue weighted by atomic mass is 19.3. The van der Waals surface area contributed by atoms with Crippen molar-refractivity contribution < 1.29 is 42.1 Å². The van der Waals surface area contributed by atoms with E-state index >= 15 is 0 Å². The number of hydrogen-bond donors (Lipinski definition) is 3. The average molecular weight is 581 g/mol. The number of aliphatic carboxylic acids is 1. The van der Waals surface area contributed by atoms with Gasteiger partial charge >= 0.3 is 12.6 Å². The second-order valence-electron chi connectivity index (χ2n) is 13.1. The van der Waals surface area contributed by atoms with Gasteiger partial charge in [-0.3, -0.25) is 14.4 Å². The van der Waals surface area contributed by atoms with Crippen LogP contribution in [0.25, 0.3) is 0 Å². The van der Waals surface area contributed by atoms with Crippen LogP contribution in [-0.2, 0) is 9.59 Å². The van der Waals surface area contributed by atoms with Crippen LogP contribution >= 0.6 is 0 Å². The van der Waals surface area contributed by atoms with Crippen molar-refractivity contribution in [2.45, 2.75) is 96.8 Å². The molecule has 3 N–H and O–H groups in total. The third kappa shape index (κ3) is 6.14. The number of carboxylic acids is 1. The number of benzene rings is 1. The van der Waals surface area contributed by atoms with Gasteiger partial charge in [0.2, 0.25) is 5.91 Å². The molecule has 4 aliphatic carbocycles. The van der Waals surface area contributed by atoms with Crippen LogP contribution in [0, 0.1) is 34.4 Å². The minimum atomic E-state index is -3.28. The summed E-state index contributed by atoms with van der Waals surface area (Å²) >= 11 is 0. The van der Waals surface area contributed by atoms with Crippen LogP contribution in [0.1, 0.15) is 88.4 Å². The molecule has 4 fully saturated rings. The molecule has 0 aliphatic heterocycles. The maximum absolute atomic E-state index is 15.0. The molecule has 4 saturated carbocycles. The van der Waals surface area contributed by atoms with Crippen LogP contribution in [0.4, 0.5) is 13.2 Å². The van der Waals surface area contributed by atoms with E-state index in [-0.39, 0.29) is 34.5 Å². The van der Waals surface area contributed by atoms with E-state index in [1.165, 1.54) is 0 Å². The quantitative estimate of drug-likeness (QED) is 0.347. The van der Waals surface area contributed by atoms with Gasteiger partial charge in [0.05, 0.1) is 23.0 Å². The highest BCUT2D eigenvalue weighted by molar-refractivity contribution is 5.98. The summed E-state index contributed by atoms with van der Waals surface area (Å²) in [6.07, 6.45) is 6.71. The summed E-state index contributed by atoms with van der Waals surface area (Å²) in [6.45, 7) is 1.10. The molecule has 41 heavy (non-hydrogen) atoms. The van der Waals surface area contributed by atoms with E-state index < -0.39 is 53.5 Å². The Labute approximate surface area is 237 Å². The lowest BCUT2D eigenvalue weighted by molar-refractivity contribution is -0.150. The number of alkyl halides is 2. The van der Waals surface area contributed by atoms with Crippen LogP contribution < -0.4 is 20.1 Å². The second-order valence-corrected chi connectivity index (χ2v) is 13.1. The molecule has 2 amide bonds. The van der Waals surface area contributed by atoms with Crippen molar-refractivity contribution in [3.8, 4) is 11.5 Å². The number of hydrogen-bond acceptors (Lipinski definition) is 5. The molecule has 0 aromatic heterocycles. The van der Waals surface area contributed by atoms with Crippen molar-refractivity contribution in [3.63, 3.8) is 0 Å². The Morgan fingerprint density at radius 3 is 2.32 bits per heavy atom. The summed E-state index contributed by atoms with van der Waals surface area (Å²) in [5, 5.41) is 15.4. The van der Waals surface area contributed by atoms with Gasteiger partial charge in [-0.15, -0.1) is 0 Å². The Morgan fingerprint density at radius 2 is 1.71 bits per heavy atom. The van der Waals surface area contributed by atoms with E-state index in [2.05, 4.69) is 22.3 Å². The molecule has 2 bridgehead atoms. The summed E-state index contributed by atoms with van der Waals surface area (Å²) in [5.41, 5.74) is -1.10. The first-order chi connectivity index (χ1) is 19.4. The number of carbonyl (C=O) groups excluding carboxylic acids is 2. The number of fused-ring (bicyclic) bond motifs is 2. The number of halogens is 3. The molecule has 11 heteroatoms. The van der Waals surface area contributed by atoms with E-state index in [1.807, 2.05) is 0 Å². The van der Waals surface area contributed by atoms with Gasteiger partial charge in [-0.25, -0.2) is 4.39 Å². The molecule has 4 aliphatic rings. The highest BCUT2D eigenvalue weighted by Crippen LogP contribution is 2.49. The molecule has 0 spiro atoms. The second kappa shape index (κ2) is 11.4. The summed E-state index contributed by atoms with van der Waals surface area (Å²) in [6, 6.07) is 1.30. The predicted octanol–water partition coefficient (Wildman–Crippen LogP) is 5.29. The fraction of sp³-hybridized carbons (Fsp3) is 0.700. The number of rotatable bonds is 10. The van der Waals surface area contributed by atoms with E-state index in [1.54, 1.807) is 6.92 Å². The summed E-state index contributed by atoms with van der Waals surface area (Å²) in [5.74, 6) is -3.84. The van der Waals surface area contributed by atoms with Gasteiger partial charge in [0.15, 0.2) is 11.6 Å². The monoisotopic (exact) mass is 580 g/mol. The minimum Gasteiger partial charge on any atom is -0.487 e. The molecule has 8 nitrogen and oxygen atoms in total. The fourth-order valence-corrected chi connectivity index (χ4v) is 7.22. The van der Waals surface area contributed by atoms with Crippen LogP contribution in [0.2, 0.25) is 0 Å². The van der Waals surface area contributed by atoms with Crippen LogP contribution in [0.3, 0.4) is 0 Å². The fourth-order valence-electron chi connectivity index (χ4n) is 7.22. The van der Waals surface area contributed by atoms with Gasteiger partial charge in [0.1, 0.15) is 5.75 Å². The Balaban J connectivity index is 1.32. The Hall–Kier alpha value is -2.98. The van der Waals surface area contributed by atoms with Crippen molar-refractivity contribution in [1.29, 1.82) is 0 Å². The van der Waals surface area contributed by atoms with Gasteiger partial charge in [0, 0.05) is 18.7 Å². The average Bonchev–Trinajstić information content (AvgIpc) is 3.50. The van der Waals surface area contributed by atoms with Crippen molar-refractivity contribution >= 4 is 17.8 Å². The molecule has 4 atom stereocenters. The van der Waals surface area contributed by atoms with Gasteiger partial charge in [0.25, 0.3) is 5.91 Å². The molecule has 0 radical (unpaired) electrons. The summed E-state index contributed by atoms with van der Waals surface area (Å²) in [4.78, 5) is 38.3. The molecule has 0 saturated heterocycles. The van der Waals surface area contributed by atoms with Gasteiger partial charge in [-0.2, -0.15) is 8.78 Å². The largest absolute Gasteiger partial charge is 0.487 e. The van der Waals surface area contributed by atoms with E-state index in [0.717, 1.165) is 44.6 Å². The van der Waals surface area contributed by atoms with Gasteiger partial charge < -0.3 is 25.2 Å². The number of ether oxygens (including phenoxy) is 2. The Kier molecular flexibility index (Phi) is 8.18. The lowest BCUT2D eigenvalue weighted by Crippen LogP contribution is -2.51. The van der Waals surface area contributed by atoms with Crippen LogP contribution in [0.15, 0.2) is 12.1 Å². The molecule has 5 rings (SSSR count). The molecule has 0 unspecified atom stereocenters. The molecule has 226 valence electrons. The van der Waals surface area contributed by atoms with Gasteiger partial charge in [-0.1, -0.05) is 13.3 Å². The normalized spacial score (nSPS) is 31.8. The maximum Gasteiger partial charge on any atom is 0.387 e. The van der Waals surface area contributed by atoms with Crippen molar-refractivity contribution in [2.24, 2.45) is 28.6 Å². The van der Waals surface area contributed by atoms with E-state index in [0.29, 0.717) is 38.3 Å². The third-order valence-corrected chi connectivity index (χ3v) is 10.1. The number of amides is 2. The summed E-state index contributed by atoms with van der Waals surface area (Å²) in [7, 11) is 0. The van der Waals surface area contributed by atoms with Crippen molar-refractivity contribution in [2.75, 3.05) is 6.54 Å². The lowest BCUT2D eigenvalue weighted by atomic mass is 9.70. The topological polar surface area (TPSA) is 114 Å². The zero-order valence-corrected chi connectivity index (χ0v) is 23.5. The zero-order chi connectivity index (χ0) is 29.5. The zero-order valence-electron chi connectivity index (χ0n) is 23.5. The first-order valence-corrected chi connectivity index (χ1v) is 14.6. The third-order valence-electron chi connectivity index (χ3n) is 10.1. The maximum atomic E-state index is 15.0. The number of carbonyl (C=O) groups is 3. The highest BCUT2D eigenvalue weighted by Gasteiger charge is 2.52. The number of nitrogens with one attached hydrogen (secondary N) is 2. The molecular weight excluding hydrogens is 541 g/mol. The van der Waals surface area contributed by atoms with Crippen molar-refractivity contribution in [1.82, 2.24) is 10.6 Å². The van der Waals surface area contributed by atoms with Gasteiger partial charge in [-0.05, 0) is 88.0 Å². The first-order valence-electron chi connectivity index (χ1n) is 14.6. The van der Waals surface area contributed by atoms with E-state index in [9.17, 15) is 32.7 Å². The molecular formula is C30H39F3N2O6. The van der Waals surface area contributed by atoms with E-state index in [4.69, 9.17) is 4.74 Å². The Bertz CT molecular complexity index is 1180. The van der Waals surface area contributed by atoms with Crippen molar-refractivity contribution in [3.05, 3.63) is 23.5 Å². The lowest BCUT2D eigenvalue weighted by Gasteiger charge is -2.39. The first kappa shape index (κ1) is 29.5.